The molecule has 5 rings (SSSR count). The largest absolute Gasteiger partial charge is 0.261 e. The molecule has 0 fully saturated rings. The van der Waals surface area contributed by atoms with Crippen molar-refractivity contribution in [1.82, 2.24) is 15.0 Å². The molecule has 0 bridgehead atoms. The van der Waals surface area contributed by atoms with E-state index in [1.165, 1.54) is 20.5 Å². The van der Waals surface area contributed by atoms with Crippen LogP contribution in [-0.2, 0) is 0 Å². The van der Waals surface area contributed by atoms with Crippen LogP contribution in [-0.4, -0.2) is 15.0 Å². The molecular weight excluding hydrogens is 358 g/mol. The zero-order chi connectivity index (χ0) is 17.7. The van der Waals surface area contributed by atoms with Gasteiger partial charge < -0.3 is 0 Å². The maximum absolute atomic E-state index is 4.77. The molecule has 0 saturated heterocycles. The average molecular weight is 374 g/mol. The fourth-order valence-electron chi connectivity index (χ4n) is 3.04. The summed E-state index contributed by atoms with van der Waals surface area (Å²) in [5.74, 6) is 0. The van der Waals surface area contributed by atoms with Crippen molar-refractivity contribution in [1.29, 1.82) is 0 Å². The van der Waals surface area contributed by atoms with Crippen molar-refractivity contribution < 1.29 is 0 Å². The quantitative estimate of drug-likeness (QED) is 0.367. The molecule has 5 heteroatoms. The molecule has 0 atom stereocenters. The summed E-state index contributed by atoms with van der Waals surface area (Å²) in [5.41, 5.74) is 6.62. The van der Waals surface area contributed by atoms with Gasteiger partial charge in [-0.1, -0.05) is 12.1 Å². The molecule has 3 heterocycles. The molecule has 0 N–H and O–H groups in total. The van der Waals surface area contributed by atoms with Crippen molar-refractivity contribution in [2.75, 3.05) is 0 Å². The highest BCUT2D eigenvalue weighted by atomic mass is 32.1. The van der Waals surface area contributed by atoms with Crippen LogP contribution in [0.3, 0.4) is 0 Å². The van der Waals surface area contributed by atoms with E-state index in [4.69, 9.17) is 4.98 Å². The number of benzene rings is 2. The molecule has 26 heavy (non-hydrogen) atoms. The number of pyridine rings is 1. The van der Waals surface area contributed by atoms with Gasteiger partial charge in [0.25, 0.3) is 0 Å². The average Bonchev–Trinajstić information content (AvgIpc) is 3.23. The molecule has 126 valence electrons. The van der Waals surface area contributed by atoms with Gasteiger partial charge in [0.2, 0.25) is 0 Å². The summed E-state index contributed by atoms with van der Waals surface area (Å²) in [6, 6.07) is 17.1. The van der Waals surface area contributed by atoms with Gasteiger partial charge in [0.15, 0.2) is 0 Å². The van der Waals surface area contributed by atoms with Gasteiger partial charge in [-0.25, -0.2) is 9.97 Å². The van der Waals surface area contributed by atoms with Gasteiger partial charge in [-0.15, -0.1) is 22.7 Å². The SMILES string of the molecule is Cc1ccc(-c2nc3ccc(-c4ccc5nc(C)sc5c4)cc3s2)cn1. The van der Waals surface area contributed by atoms with Crippen LogP contribution in [0.5, 0.6) is 0 Å². The van der Waals surface area contributed by atoms with Crippen LogP contribution in [0.25, 0.3) is 42.1 Å². The van der Waals surface area contributed by atoms with Crippen molar-refractivity contribution in [2.24, 2.45) is 0 Å². The van der Waals surface area contributed by atoms with Crippen LogP contribution >= 0.6 is 22.7 Å². The summed E-state index contributed by atoms with van der Waals surface area (Å²) in [7, 11) is 0. The molecule has 2 aromatic carbocycles. The van der Waals surface area contributed by atoms with Crippen molar-refractivity contribution in [3.8, 4) is 21.7 Å². The smallest absolute Gasteiger partial charge is 0.126 e. The second-order valence-electron chi connectivity index (χ2n) is 6.31. The summed E-state index contributed by atoms with van der Waals surface area (Å²) in [5, 5.41) is 2.12. The first-order valence-corrected chi connectivity index (χ1v) is 10.0. The van der Waals surface area contributed by atoms with Gasteiger partial charge in [-0.2, -0.15) is 0 Å². The Bertz CT molecular complexity index is 1250. The minimum atomic E-state index is 1.01. The molecule has 3 aromatic heterocycles. The van der Waals surface area contributed by atoms with E-state index in [0.717, 1.165) is 32.3 Å². The van der Waals surface area contributed by atoms with Crippen LogP contribution in [0.4, 0.5) is 0 Å². The second kappa shape index (κ2) is 5.97. The van der Waals surface area contributed by atoms with E-state index in [-0.39, 0.29) is 0 Å². The maximum atomic E-state index is 4.77. The number of hydrogen-bond donors (Lipinski definition) is 0. The van der Waals surface area contributed by atoms with Gasteiger partial charge in [0.05, 0.1) is 25.4 Å². The molecule has 0 amide bonds. The Morgan fingerprint density at radius 3 is 2.04 bits per heavy atom. The molecule has 0 radical (unpaired) electrons. The Hall–Kier alpha value is -2.63. The Balaban J connectivity index is 1.59. The highest BCUT2D eigenvalue weighted by Crippen LogP contribution is 2.34. The number of rotatable bonds is 2. The predicted octanol–water partition coefficient (Wildman–Crippen LogP) is 6.25. The van der Waals surface area contributed by atoms with E-state index in [1.54, 1.807) is 22.7 Å². The van der Waals surface area contributed by atoms with Crippen LogP contribution < -0.4 is 0 Å². The molecule has 0 aliphatic heterocycles. The first-order valence-electron chi connectivity index (χ1n) is 8.37. The van der Waals surface area contributed by atoms with Crippen LogP contribution in [0.15, 0.2) is 54.7 Å². The van der Waals surface area contributed by atoms with E-state index in [0.29, 0.717) is 0 Å². The number of aromatic nitrogens is 3. The van der Waals surface area contributed by atoms with Crippen LogP contribution in [0.1, 0.15) is 10.7 Å². The third-order valence-corrected chi connectivity index (χ3v) is 6.38. The summed E-state index contributed by atoms with van der Waals surface area (Å²) in [6.07, 6.45) is 1.90. The monoisotopic (exact) mass is 373 g/mol. The zero-order valence-corrected chi connectivity index (χ0v) is 16.0. The summed E-state index contributed by atoms with van der Waals surface area (Å²) in [4.78, 5) is 13.7. The normalized spacial score (nSPS) is 11.5. The molecule has 0 spiro atoms. The van der Waals surface area contributed by atoms with E-state index >= 15 is 0 Å². The summed E-state index contributed by atoms with van der Waals surface area (Å²) >= 11 is 3.45. The van der Waals surface area contributed by atoms with Crippen LogP contribution in [0, 0.1) is 13.8 Å². The molecule has 3 nitrogen and oxygen atoms in total. The summed E-state index contributed by atoms with van der Waals surface area (Å²) < 4.78 is 2.43. The van der Waals surface area contributed by atoms with Crippen molar-refractivity contribution in [3.63, 3.8) is 0 Å². The number of thiazole rings is 2. The van der Waals surface area contributed by atoms with Crippen molar-refractivity contribution >= 4 is 43.1 Å². The maximum Gasteiger partial charge on any atom is 0.126 e. The fourth-order valence-corrected chi connectivity index (χ4v) is 4.90. The fraction of sp³-hybridized carbons (Fsp3) is 0.0952. The topological polar surface area (TPSA) is 38.7 Å². The third kappa shape index (κ3) is 2.69. The minimum Gasteiger partial charge on any atom is -0.261 e. The number of nitrogens with zero attached hydrogens (tertiary/aromatic N) is 3. The van der Waals surface area contributed by atoms with Gasteiger partial charge >= 0.3 is 0 Å². The Labute approximate surface area is 159 Å². The predicted molar refractivity (Wildman–Crippen MR) is 111 cm³/mol. The number of hydrogen-bond acceptors (Lipinski definition) is 5. The van der Waals surface area contributed by atoms with E-state index in [2.05, 4.69) is 59.4 Å². The van der Waals surface area contributed by atoms with Crippen molar-refractivity contribution in [3.05, 3.63) is 65.4 Å². The molecule has 0 saturated carbocycles. The lowest BCUT2D eigenvalue weighted by Gasteiger charge is -2.01. The third-order valence-electron chi connectivity index (χ3n) is 4.38. The lowest BCUT2D eigenvalue weighted by molar-refractivity contribution is 1.20. The number of fused-ring (bicyclic) bond motifs is 2. The zero-order valence-electron chi connectivity index (χ0n) is 14.4. The molecule has 0 unspecified atom stereocenters. The molecule has 0 aliphatic rings. The van der Waals surface area contributed by atoms with E-state index in [9.17, 15) is 0 Å². The summed E-state index contributed by atoms with van der Waals surface area (Å²) in [6.45, 7) is 4.05. The van der Waals surface area contributed by atoms with Gasteiger partial charge in [0, 0.05) is 17.5 Å². The Morgan fingerprint density at radius 1 is 0.692 bits per heavy atom. The lowest BCUT2D eigenvalue weighted by atomic mass is 10.1. The minimum absolute atomic E-state index is 1.01. The molecule has 0 aliphatic carbocycles. The second-order valence-corrected chi connectivity index (χ2v) is 8.57. The first kappa shape index (κ1) is 15.6. The standard InChI is InChI=1S/C21H15N3S2/c1-12-3-4-16(11-22-12)21-24-18-8-6-15(10-20(18)26-21)14-5-7-17-19(9-14)25-13(2)23-17/h3-11H,1-2H3. The van der Waals surface area contributed by atoms with Gasteiger partial charge in [-0.3, -0.25) is 4.98 Å². The number of aryl methyl sites for hydroxylation is 2. The Morgan fingerprint density at radius 2 is 1.35 bits per heavy atom. The van der Waals surface area contributed by atoms with Crippen LogP contribution in [0.2, 0.25) is 0 Å². The Kier molecular flexibility index (Phi) is 3.58. The lowest BCUT2D eigenvalue weighted by Crippen LogP contribution is -1.81. The van der Waals surface area contributed by atoms with Gasteiger partial charge in [0.1, 0.15) is 5.01 Å². The van der Waals surface area contributed by atoms with E-state index < -0.39 is 0 Å². The molecular formula is C21H15N3S2. The van der Waals surface area contributed by atoms with E-state index in [1.807, 2.05) is 19.2 Å². The van der Waals surface area contributed by atoms with Crippen molar-refractivity contribution in [2.45, 2.75) is 13.8 Å². The first-order chi connectivity index (χ1) is 12.7. The highest BCUT2D eigenvalue weighted by Gasteiger charge is 2.09. The van der Waals surface area contributed by atoms with Gasteiger partial charge in [-0.05, 0) is 61.4 Å². The molecule has 5 aromatic rings. The highest BCUT2D eigenvalue weighted by molar-refractivity contribution is 7.21.